The highest BCUT2D eigenvalue weighted by Gasteiger charge is 2.37. The quantitative estimate of drug-likeness (QED) is 0.798. The van der Waals surface area contributed by atoms with Gasteiger partial charge in [0.25, 0.3) is 0 Å². The fourth-order valence-corrected chi connectivity index (χ4v) is 3.49. The second-order valence-electron chi connectivity index (χ2n) is 4.78. The minimum Gasteiger partial charge on any atom is -0.480 e. The molecule has 1 unspecified atom stereocenters. The largest absolute Gasteiger partial charge is 0.480 e. The third kappa shape index (κ3) is 4.62. The topological polar surface area (TPSA) is 66.4 Å². The monoisotopic (exact) mass is 345 g/mol. The Balaban J connectivity index is 1.70. The first-order valence-electron chi connectivity index (χ1n) is 6.32. The van der Waals surface area contributed by atoms with E-state index in [0.717, 1.165) is 29.5 Å². The predicted molar refractivity (Wildman–Crippen MR) is 77.2 cm³/mol. The van der Waals surface area contributed by atoms with E-state index in [9.17, 15) is 9.59 Å². The molecular formula is C13H16BrNO3S. The Kier molecular flexibility index (Phi) is 4.99. The molecular weight excluding hydrogens is 330 g/mol. The summed E-state index contributed by atoms with van der Waals surface area (Å²) in [6.45, 7) is 0. The first-order chi connectivity index (χ1) is 9.06. The average Bonchev–Trinajstić information content (AvgIpc) is 3.10. The van der Waals surface area contributed by atoms with E-state index in [1.54, 1.807) is 11.3 Å². The number of nitrogens with one attached hydrogen (secondary N) is 1. The number of hydrogen-bond donors (Lipinski definition) is 2. The number of thiophene rings is 1. The van der Waals surface area contributed by atoms with E-state index >= 15 is 0 Å². The molecule has 1 amide bonds. The van der Waals surface area contributed by atoms with Crippen molar-refractivity contribution in [1.29, 1.82) is 0 Å². The summed E-state index contributed by atoms with van der Waals surface area (Å²) in [4.78, 5) is 23.9. The molecule has 1 atom stereocenters. The van der Waals surface area contributed by atoms with E-state index in [1.807, 2.05) is 12.1 Å². The Hall–Kier alpha value is -0.880. The lowest BCUT2D eigenvalue weighted by molar-refractivity contribution is -0.142. The van der Waals surface area contributed by atoms with Crippen molar-refractivity contribution in [3.8, 4) is 0 Å². The lowest BCUT2D eigenvalue weighted by Crippen LogP contribution is -2.42. The fraction of sp³-hybridized carbons (Fsp3) is 0.538. The molecule has 1 fully saturated rings. The molecule has 0 aliphatic heterocycles. The Morgan fingerprint density at radius 1 is 1.47 bits per heavy atom. The van der Waals surface area contributed by atoms with Crippen LogP contribution >= 0.6 is 27.3 Å². The number of carbonyl (C=O) groups is 2. The Bertz CT molecular complexity index is 470. The van der Waals surface area contributed by atoms with Crippen molar-refractivity contribution in [3.05, 3.63) is 20.8 Å². The second-order valence-corrected chi connectivity index (χ2v) is 7.33. The van der Waals surface area contributed by atoms with Crippen molar-refractivity contribution in [2.45, 2.75) is 38.1 Å². The zero-order valence-electron chi connectivity index (χ0n) is 10.4. The molecule has 1 aliphatic carbocycles. The summed E-state index contributed by atoms with van der Waals surface area (Å²) < 4.78 is 1.09. The number of amides is 1. The zero-order valence-corrected chi connectivity index (χ0v) is 12.8. The van der Waals surface area contributed by atoms with E-state index in [0.29, 0.717) is 6.42 Å². The minimum atomic E-state index is -0.918. The molecule has 104 valence electrons. The van der Waals surface area contributed by atoms with Crippen LogP contribution in [0.5, 0.6) is 0 Å². The van der Waals surface area contributed by atoms with Gasteiger partial charge in [-0.1, -0.05) is 0 Å². The van der Waals surface area contributed by atoms with Gasteiger partial charge in [0.15, 0.2) is 0 Å². The summed E-state index contributed by atoms with van der Waals surface area (Å²) in [5, 5.41) is 11.6. The molecule has 2 N–H and O–H groups in total. The molecule has 1 aromatic rings. The lowest BCUT2D eigenvalue weighted by Gasteiger charge is -2.13. The van der Waals surface area contributed by atoms with Crippen LogP contribution in [-0.2, 0) is 16.0 Å². The summed E-state index contributed by atoms with van der Waals surface area (Å²) in [5.41, 5.74) is 0. The number of carboxylic acids is 1. The van der Waals surface area contributed by atoms with Crippen molar-refractivity contribution >= 4 is 39.1 Å². The molecule has 1 aromatic heterocycles. The van der Waals surface area contributed by atoms with Crippen LogP contribution < -0.4 is 5.32 Å². The average molecular weight is 346 g/mol. The van der Waals surface area contributed by atoms with Gasteiger partial charge >= 0.3 is 5.97 Å². The summed E-state index contributed by atoms with van der Waals surface area (Å²) in [6.07, 6.45) is 3.79. The Labute approximate surface area is 124 Å². The molecule has 4 nitrogen and oxygen atoms in total. The van der Waals surface area contributed by atoms with E-state index in [1.165, 1.54) is 4.88 Å². The Morgan fingerprint density at radius 2 is 2.21 bits per heavy atom. The first-order valence-corrected chi connectivity index (χ1v) is 7.93. The van der Waals surface area contributed by atoms with Crippen molar-refractivity contribution in [2.75, 3.05) is 0 Å². The molecule has 0 bridgehead atoms. The molecule has 0 aromatic carbocycles. The maximum absolute atomic E-state index is 11.7. The number of halogens is 1. The predicted octanol–water partition coefficient (Wildman–Crippen LogP) is 2.81. The van der Waals surface area contributed by atoms with Gasteiger partial charge in [-0.25, -0.2) is 4.79 Å². The summed E-state index contributed by atoms with van der Waals surface area (Å²) in [5.74, 6) is -0.942. The minimum absolute atomic E-state index is 0.134. The molecule has 2 rings (SSSR count). The van der Waals surface area contributed by atoms with Crippen LogP contribution in [0, 0.1) is 5.92 Å². The molecule has 1 aliphatic rings. The number of carbonyl (C=O) groups excluding carboxylic acids is 1. The highest BCUT2D eigenvalue weighted by molar-refractivity contribution is 9.11. The van der Waals surface area contributed by atoms with Crippen LogP contribution in [0.2, 0.25) is 0 Å². The van der Waals surface area contributed by atoms with Crippen molar-refractivity contribution in [2.24, 2.45) is 5.92 Å². The molecule has 1 heterocycles. The van der Waals surface area contributed by atoms with Crippen molar-refractivity contribution in [1.82, 2.24) is 5.32 Å². The SMILES string of the molecule is O=C(CCCc1ccc(Br)s1)NC(C(=O)O)C1CC1. The number of hydrogen-bond acceptors (Lipinski definition) is 3. The third-order valence-corrected chi connectivity index (χ3v) is 4.82. The van der Waals surface area contributed by atoms with Gasteiger partial charge < -0.3 is 10.4 Å². The normalized spacial score (nSPS) is 16.1. The second kappa shape index (κ2) is 6.52. The smallest absolute Gasteiger partial charge is 0.326 e. The molecule has 0 saturated heterocycles. The van der Waals surface area contributed by atoms with Gasteiger partial charge in [0.1, 0.15) is 6.04 Å². The standard InChI is InChI=1S/C13H16BrNO3S/c14-10-7-6-9(19-10)2-1-3-11(16)15-12(13(17)18)8-4-5-8/h6-8,12H,1-5H2,(H,15,16)(H,17,18). The van der Waals surface area contributed by atoms with Gasteiger partial charge in [-0.05, 0) is 59.7 Å². The maximum Gasteiger partial charge on any atom is 0.326 e. The van der Waals surface area contributed by atoms with E-state index in [-0.39, 0.29) is 11.8 Å². The Morgan fingerprint density at radius 3 is 2.74 bits per heavy atom. The van der Waals surface area contributed by atoms with Crippen LogP contribution in [0.15, 0.2) is 15.9 Å². The maximum atomic E-state index is 11.7. The van der Waals surface area contributed by atoms with Gasteiger partial charge in [0, 0.05) is 11.3 Å². The highest BCUT2D eigenvalue weighted by Crippen LogP contribution is 2.32. The van der Waals surface area contributed by atoms with Gasteiger partial charge in [-0.2, -0.15) is 0 Å². The van der Waals surface area contributed by atoms with Gasteiger partial charge in [-0.3, -0.25) is 4.79 Å². The molecule has 6 heteroatoms. The van der Waals surface area contributed by atoms with Crippen LogP contribution in [0.25, 0.3) is 0 Å². The highest BCUT2D eigenvalue weighted by atomic mass is 79.9. The molecule has 0 radical (unpaired) electrons. The number of aryl methyl sites for hydroxylation is 1. The third-order valence-electron chi connectivity index (χ3n) is 3.13. The van der Waals surface area contributed by atoms with Crippen LogP contribution in [0.1, 0.15) is 30.6 Å². The van der Waals surface area contributed by atoms with E-state index in [2.05, 4.69) is 21.2 Å². The zero-order chi connectivity index (χ0) is 13.8. The summed E-state index contributed by atoms with van der Waals surface area (Å²) in [6, 6.07) is 3.34. The molecule has 0 spiro atoms. The van der Waals surface area contributed by atoms with Crippen LogP contribution in [-0.4, -0.2) is 23.0 Å². The fourth-order valence-electron chi connectivity index (χ4n) is 1.97. The van der Waals surface area contributed by atoms with Gasteiger partial charge in [0.2, 0.25) is 5.91 Å². The number of carboxylic acid groups (broad SMARTS) is 1. The summed E-state index contributed by atoms with van der Waals surface area (Å²) >= 11 is 5.06. The lowest BCUT2D eigenvalue weighted by atomic mass is 10.1. The number of aliphatic carboxylic acids is 1. The molecule has 19 heavy (non-hydrogen) atoms. The van der Waals surface area contributed by atoms with E-state index in [4.69, 9.17) is 5.11 Å². The van der Waals surface area contributed by atoms with Crippen LogP contribution in [0.4, 0.5) is 0 Å². The summed E-state index contributed by atoms with van der Waals surface area (Å²) in [7, 11) is 0. The first kappa shape index (κ1) is 14.5. The molecule has 1 saturated carbocycles. The van der Waals surface area contributed by atoms with Gasteiger partial charge in [-0.15, -0.1) is 11.3 Å². The van der Waals surface area contributed by atoms with Crippen LogP contribution in [0.3, 0.4) is 0 Å². The van der Waals surface area contributed by atoms with Crippen molar-refractivity contribution in [3.63, 3.8) is 0 Å². The van der Waals surface area contributed by atoms with Gasteiger partial charge in [0.05, 0.1) is 3.79 Å². The number of rotatable bonds is 7. The van der Waals surface area contributed by atoms with E-state index < -0.39 is 12.0 Å². The van der Waals surface area contributed by atoms with Crippen molar-refractivity contribution < 1.29 is 14.7 Å².